The smallest absolute Gasteiger partial charge is 0.406 e. The number of amides is 2. The van der Waals surface area contributed by atoms with Crippen LogP contribution in [0, 0.1) is 0 Å². The average molecular weight is 330 g/mol. The van der Waals surface area contributed by atoms with Gasteiger partial charge in [0.25, 0.3) is 0 Å². The first-order valence-corrected chi connectivity index (χ1v) is 6.41. The Bertz CT molecular complexity index is 629. The maximum absolute atomic E-state index is 12.0. The zero-order valence-electron chi connectivity index (χ0n) is 11.6. The number of aromatic nitrogens is 2. The fourth-order valence-corrected chi connectivity index (χ4v) is 1.69. The summed E-state index contributed by atoms with van der Waals surface area (Å²) in [4.78, 5) is 11.5. The molecule has 0 fully saturated rings. The van der Waals surface area contributed by atoms with E-state index in [0.29, 0.717) is 11.3 Å². The van der Waals surface area contributed by atoms with E-state index in [4.69, 9.17) is 0 Å². The van der Waals surface area contributed by atoms with E-state index in [1.165, 1.54) is 24.5 Å². The second kappa shape index (κ2) is 7.01. The average Bonchev–Trinajstić information content (AvgIpc) is 2.97. The molecular weight excluding hydrogens is 317 g/mol. The predicted molar refractivity (Wildman–Crippen MR) is 73.7 cm³/mol. The van der Waals surface area contributed by atoms with E-state index in [1.807, 2.05) is 0 Å². The SMILES string of the molecule is O=C(NCC(O)c1ccc(OC(F)(F)F)cc1)Nc1cn[nH]c1. The van der Waals surface area contributed by atoms with Gasteiger partial charge in [-0.1, -0.05) is 12.1 Å². The number of aromatic amines is 1. The standard InChI is InChI=1S/C13H13F3N4O3/c14-13(15,16)23-10-3-1-8(2-4-10)11(21)7-17-12(22)20-9-5-18-19-6-9/h1-6,11,21H,7H2,(H,18,19)(H2,17,20,22). The molecule has 1 atom stereocenters. The zero-order valence-corrected chi connectivity index (χ0v) is 11.6. The van der Waals surface area contributed by atoms with E-state index in [1.54, 1.807) is 0 Å². The van der Waals surface area contributed by atoms with E-state index in [0.717, 1.165) is 12.1 Å². The van der Waals surface area contributed by atoms with Gasteiger partial charge in [-0.2, -0.15) is 5.10 Å². The molecule has 10 heteroatoms. The highest BCUT2D eigenvalue weighted by Crippen LogP contribution is 2.24. The van der Waals surface area contributed by atoms with Gasteiger partial charge < -0.3 is 20.5 Å². The van der Waals surface area contributed by atoms with E-state index < -0.39 is 18.5 Å². The van der Waals surface area contributed by atoms with Gasteiger partial charge >= 0.3 is 12.4 Å². The molecule has 7 nitrogen and oxygen atoms in total. The number of nitrogens with one attached hydrogen (secondary N) is 3. The van der Waals surface area contributed by atoms with Crippen molar-refractivity contribution in [3.05, 3.63) is 42.2 Å². The summed E-state index contributed by atoms with van der Waals surface area (Å²) in [5.41, 5.74) is 0.786. The van der Waals surface area contributed by atoms with Crippen molar-refractivity contribution >= 4 is 11.7 Å². The molecule has 1 unspecified atom stereocenters. The topological polar surface area (TPSA) is 99.3 Å². The van der Waals surface area contributed by atoms with Gasteiger partial charge in [0.2, 0.25) is 0 Å². The Morgan fingerprint density at radius 3 is 2.61 bits per heavy atom. The highest BCUT2D eigenvalue weighted by molar-refractivity contribution is 5.88. The Morgan fingerprint density at radius 1 is 1.35 bits per heavy atom. The predicted octanol–water partition coefficient (Wildman–Crippen LogP) is 2.16. The van der Waals surface area contributed by atoms with Crippen molar-refractivity contribution < 1.29 is 27.8 Å². The molecule has 0 radical (unpaired) electrons. The van der Waals surface area contributed by atoms with Crippen molar-refractivity contribution in [1.82, 2.24) is 15.5 Å². The van der Waals surface area contributed by atoms with E-state index in [9.17, 15) is 23.1 Å². The third kappa shape index (κ3) is 5.51. The zero-order chi connectivity index (χ0) is 16.9. The summed E-state index contributed by atoms with van der Waals surface area (Å²) in [6.45, 7) is -0.122. The molecular formula is C13H13F3N4O3. The molecule has 0 aliphatic heterocycles. The Kier molecular flexibility index (Phi) is 5.06. The molecule has 1 aromatic carbocycles. The van der Waals surface area contributed by atoms with Crippen LogP contribution in [0.2, 0.25) is 0 Å². The van der Waals surface area contributed by atoms with E-state index >= 15 is 0 Å². The molecule has 23 heavy (non-hydrogen) atoms. The summed E-state index contributed by atoms with van der Waals surface area (Å²) >= 11 is 0. The largest absolute Gasteiger partial charge is 0.573 e. The lowest BCUT2D eigenvalue weighted by atomic mass is 10.1. The van der Waals surface area contributed by atoms with Gasteiger partial charge in [0.15, 0.2) is 0 Å². The fraction of sp³-hybridized carbons (Fsp3) is 0.231. The number of nitrogens with zero attached hydrogens (tertiary/aromatic N) is 1. The van der Waals surface area contributed by atoms with Crippen LogP contribution < -0.4 is 15.4 Å². The highest BCUT2D eigenvalue weighted by atomic mass is 19.4. The lowest BCUT2D eigenvalue weighted by Crippen LogP contribution is -2.32. The second-order valence-corrected chi connectivity index (χ2v) is 4.45. The van der Waals surface area contributed by atoms with Crippen LogP contribution in [0.15, 0.2) is 36.7 Å². The van der Waals surface area contributed by atoms with Crippen LogP contribution in [0.3, 0.4) is 0 Å². The summed E-state index contributed by atoms with van der Waals surface area (Å²) in [6.07, 6.45) is -2.98. The number of alkyl halides is 3. The number of aliphatic hydroxyl groups is 1. The fourth-order valence-electron chi connectivity index (χ4n) is 1.69. The van der Waals surface area contributed by atoms with Crippen molar-refractivity contribution in [2.24, 2.45) is 0 Å². The Morgan fingerprint density at radius 2 is 2.04 bits per heavy atom. The van der Waals surface area contributed by atoms with Crippen LogP contribution in [0.5, 0.6) is 5.75 Å². The van der Waals surface area contributed by atoms with Crippen LogP contribution in [0.1, 0.15) is 11.7 Å². The normalized spacial score (nSPS) is 12.5. The van der Waals surface area contributed by atoms with E-state index in [-0.39, 0.29) is 12.3 Å². The summed E-state index contributed by atoms with van der Waals surface area (Å²) in [6, 6.07) is 4.17. The number of H-pyrrole nitrogens is 1. The number of benzene rings is 1. The molecule has 0 aliphatic carbocycles. The number of anilines is 1. The number of urea groups is 1. The molecule has 0 aliphatic rings. The summed E-state index contributed by atoms with van der Waals surface area (Å²) in [7, 11) is 0. The molecule has 0 saturated carbocycles. The maximum atomic E-state index is 12.0. The first-order chi connectivity index (χ1) is 10.8. The molecule has 1 heterocycles. The van der Waals surface area contributed by atoms with Gasteiger partial charge in [-0.15, -0.1) is 13.2 Å². The van der Waals surface area contributed by atoms with Gasteiger partial charge in [-0.25, -0.2) is 4.79 Å². The van der Waals surface area contributed by atoms with Crippen molar-refractivity contribution in [1.29, 1.82) is 0 Å². The van der Waals surface area contributed by atoms with Crippen molar-refractivity contribution in [3.63, 3.8) is 0 Å². The lowest BCUT2D eigenvalue weighted by Gasteiger charge is -2.14. The quantitative estimate of drug-likeness (QED) is 0.675. The van der Waals surface area contributed by atoms with Crippen molar-refractivity contribution in [2.75, 3.05) is 11.9 Å². The minimum atomic E-state index is -4.77. The van der Waals surface area contributed by atoms with Crippen LogP contribution in [0.25, 0.3) is 0 Å². The Hall–Kier alpha value is -2.75. The maximum Gasteiger partial charge on any atom is 0.573 e. The molecule has 2 amide bonds. The molecule has 2 aromatic rings. The first kappa shape index (κ1) is 16.6. The summed E-state index contributed by atoms with van der Waals surface area (Å²) in [5.74, 6) is -0.390. The van der Waals surface area contributed by atoms with Crippen molar-refractivity contribution in [2.45, 2.75) is 12.5 Å². The molecule has 1 aromatic heterocycles. The number of hydrogen-bond acceptors (Lipinski definition) is 4. The number of ether oxygens (including phenoxy) is 1. The molecule has 124 valence electrons. The van der Waals surface area contributed by atoms with Crippen LogP contribution in [0.4, 0.5) is 23.7 Å². The minimum Gasteiger partial charge on any atom is -0.406 e. The monoisotopic (exact) mass is 330 g/mol. The van der Waals surface area contributed by atoms with Gasteiger partial charge in [0.05, 0.1) is 18.0 Å². The first-order valence-electron chi connectivity index (χ1n) is 6.41. The number of carbonyl (C=O) groups is 1. The van der Waals surface area contributed by atoms with Crippen LogP contribution in [-0.4, -0.2) is 34.2 Å². The number of carbonyl (C=O) groups excluding carboxylic acids is 1. The van der Waals surface area contributed by atoms with Gasteiger partial charge in [-0.05, 0) is 17.7 Å². The van der Waals surface area contributed by atoms with Crippen molar-refractivity contribution in [3.8, 4) is 5.75 Å². The Balaban J connectivity index is 1.83. The van der Waals surface area contributed by atoms with E-state index in [2.05, 4.69) is 25.6 Å². The number of halogens is 3. The summed E-state index contributed by atoms with van der Waals surface area (Å²) in [5, 5.41) is 20.9. The molecule has 2 rings (SSSR count). The minimum absolute atomic E-state index is 0.122. The van der Waals surface area contributed by atoms with Gasteiger partial charge in [-0.3, -0.25) is 5.10 Å². The highest BCUT2D eigenvalue weighted by Gasteiger charge is 2.31. The van der Waals surface area contributed by atoms with Gasteiger partial charge in [0, 0.05) is 12.7 Å². The van der Waals surface area contributed by atoms with Crippen LogP contribution >= 0.6 is 0 Å². The summed E-state index contributed by atoms with van der Waals surface area (Å²) < 4.78 is 39.8. The number of hydrogen-bond donors (Lipinski definition) is 4. The third-order valence-electron chi connectivity index (χ3n) is 2.71. The van der Waals surface area contributed by atoms with Crippen LogP contribution in [-0.2, 0) is 0 Å². The molecule has 0 saturated heterocycles. The molecule has 4 N–H and O–H groups in total. The van der Waals surface area contributed by atoms with Gasteiger partial charge in [0.1, 0.15) is 5.75 Å². The number of rotatable bonds is 5. The molecule has 0 spiro atoms. The molecule has 0 bridgehead atoms. The second-order valence-electron chi connectivity index (χ2n) is 4.45. The lowest BCUT2D eigenvalue weighted by molar-refractivity contribution is -0.274. The Labute approximate surface area is 128 Å². The number of aliphatic hydroxyl groups excluding tert-OH is 1. The third-order valence-corrected chi connectivity index (χ3v) is 2.71.